The zero-order valence-corrected chi connectivity index (χ0v) is 26.1. The zero-order chi connectivity index (χ0) is 33.8. The SMILES string of the molecule is OCCCCCOC1OC(COC2OC(OC3OC(COCCCCOPO)C(O)C(O)C3O)C(O)C(O)C2O)C(O)C(O)C1O. The van der Waals surface area contributed by atoms with Crippen molar-refractivity contribution < 1.29 is 93.6 Å². The molecule has 272 valence electrons. The first-order valence-electron chi connectivity index (χ1n) is 15.2. The Morgan fingerprint density at radius 3 is 1.61 bits per heavy atom. The molecule has 19 nitrogen and oxygen atoms in total. The molecule has 46 heavy (non-hydrogen) atoms. The van der Waals surface area contributed by atoms with Crippen molar-refractivity contribution in [3.8, 4) is 0 Å². The van der Waals surface area contributed by atoms with Crippen LogP contribution < -0.4 is 0 Å². The van der Waals surface area contributed by atoms with Crippen LogP contribution in [0.5, 0.6) is 0 Å². The van der Waals surface area contributed by atoms with Gasteiger partial charge in [-0.1, -0.05) is 0 Å². The van der Waals surface area contributed by atoms with Gasteiger partial charge in [0.25, 0.3) is 0 Å². The van der Waals surface area contributed by atoms with Crippen LogP contribution in [0, 0.1) is 0 Å². The minimum Gasteiger partial charge on any atom is -0.396 e. The van der Waals surface area contributed by atoms with Crippen molar-refractivity contribution in [2.45, 2.75) is 124 Å². The van der Waals surface area contributed by atoms with E-state index in [9.17, 15) is 46.0 Å². The van der Waals surface area contributed by atoms with E-state index in [2.05, 4.69) is 0 Å². The largest absolute Gasteiger partial charge is 0.396 e. The van der Waals surface area contributed by atoms with Crippen LogP contribution in [0.4, 0.5) is 0 Å². The molecule has 0 saturated carbocycles. The molecule has 0 bridgehead atoms. The fourth-order valence-corrected chi connectivity index (χ4v) is 5.20. The number of aliphatic hydroxyl groups is 10. The van der Waals surface area contributed by atoms with E-state index in [4.69, 9.17) is 47.7 Å². The maximum absolute atomic E-state index is 10.5. The molecule has 0 aliphatic carbocycles. The third-order valence-electron chi connectivity index (χ3n) is 7.77. The van der Waals surface area contributed by atoms with Crippen molar-refractivity contribution in [2.24, 2.45) is 0 Å². The van der Waals surface area contributed by atoms with Gasteiger partial charge in [0.15, 0.2) is 34.2 Å². The summed E-state index contributed by atoms with van der Waals surface area (Å²) in [5.74, 6) is 0. The van der Waals surface area contributed by atoms with E-state index in [1.54, 1.807) is 0 Å². The van der Waals surface area contributed by atoms with Crippen LogP contribution in [0.15, 0.2) is 0 Å². The van der Waals surface area contributed by atoms with Gasteiger partial charge in [0.05, 0.1) is 19.8 Å². The van der Waals surface area contributed by atoms with E-state index in [0.29, 0.717) is 38.7 Å². The van der Waals surface area contributed by atoms with Gasteiger partial charge in [0, 0.05) is 19.8 Å². The Bertz CT molecular complexity index is 834. The molecule has 20 heteroatoms. The maximum Gasteiger partial charge on any atom is 0.192 e. The molecular weight excluding hydrogens is 647 g/mol. The van der Waals surface area contributed by atoms with Crippen molar-refractivity contribution >= 4 is 9.03 Å². The maximum atomic E-state index is 10.5. The Morgan fingerprint density at radius 1 is 0.478 bits per heavy atom. The molecule has 0 radical (unpaired) electrons. The van der Waals surface area contributed by atoms with Crippen LogP contribution in [0.2, 0.25) is 0 Å². The normalized spacial score (nSPS) is 42.2. The Hall–Kier alpha value is -0.330. The minimum atomic E-state index is -1.91. The van der Waals surface area contributed by atoms with Gasteiger partial charge in [-0.2, -0.15) is 0 Å². The third kappa shape index (κ3) is 11.1. The van der Waals surface area contributed by atoms with Crippen LogP contribution in [0.1, 0.15) is 32.1 Å². The summed E-state index contributed by atoms with van der Waals surface area (Å²) in [6.45, 7) is -0.0788. The molecule has 3 saturated heterocycles. The third-order valence-corrected chi connectivity index (χ3v) is 8.11. The highest BCUT2D eigenvalue weighted by atomic mass is 31.1. The topological polar surface area (TPSA) is 296 Å². The van der Waals surface area contributed by atoms with Crippen LogP contribution >= 0.6 is 9.03 Å². The molecule has 0 amide bonds. The Balaban J connectivity index is 1.55. The fraction of sp³-hybridized carbons (Fsp3) is 1.00. The van der Waals surface area contributed by atoms with Gasteiger partial charge in [-0.15, -0.1) is 0 Å². The summed E-state index contributed by atoms with van der Waals surface area (Å²) in [5, 5.41) is 102. The van der Waals surface area contributed by atoms with Crippen molar-refractivity contribution in [3.63, 3.8) is 0 Å². The lowest BCUT2D eigenvalue weighted by Gasteiger charge is -2.45. The summed E-state index contributed by atoms with van der Waals surface area (Å²) in [6, 6.07) is 0. The van der Waals surface area contributed by atoms with E-state index in [0.717, 1.165) is 0 Å². The van der Waals surface area contributed by atoms with Gasteiger partial charge in [-0.3, -0.25) is 0 Å². The van der Waals surface area contributed by atoms with E-state index in [-0.39, 0.29) is 26.4 Å². The molecule has 0 spiro atoms. The molecule has 3 aliphatic rings. The second-order valence-electron chi connectivity index (χ2n) is 11.2. The van der Waals surface area contributed by atoms with Crippen LogP contribution in [-0.4, -0.2) is 188 Å². The van der Waals surface area contributed by atoms with Crippen LogP contribution in [-0.2, 0) is 37.7 Å². The highest BCUT2D eigenvalue weighted by Crippen LogP contribution is 2.30. The number of unbranched alkanes of at least 4 members (excludes halogenated alkanes) is 3. The van der Waals surface area contributed by atoms with Gasteiger partial charge in [-0.05, 0) is 32.1 Å². The van der Waals surface area contributed by atoms with Crippen LogP contribution in [0.3, 0.4) is 0 Å². The minimum absolute atomic E-state index is 0.0130. The van der Waals surface area contributed by atoms with E-state index in [1.807, 2.05) is 0 Å². The van der Waals surface area contributed by atoms with Crippen molar-refractivity contribution in [1.82, 2.24) is 0 Å². The number of rotatable bonds is 19. The highest BCUT2D eigenvalue weighted by molar-refractivity contribution is 7.24. The second kappa shape index (κ2) is 20.4. The Morgan fingerprint density at radius 2 is 0.978 bits per heavy atom. The lowest BCUT2D eigenvalue weighted by Crippen LogP contribution is -2.64. The van der Waals surface area contributed by atoms with E-state index < -0.39 is 108 Å². The summed E-state index contributed by atoms with van der Waals surface area (Å²) in [4.78, 5) is 8.65. The predicted octanol–water partition coefficient (Wildman–Crippen LogP) is -5.11. The number of aliphatic hydroxyl groups excluding tert-OH is 10. The Labute approximate surface area is 267 Å². The first-order valence-corrected chi connectivity index (χ1v) is 16.0. The van der Waals surface area contributed by atoms with Gasteiger partial charge in [0.1, 0.15) is 67.1 Å². The monoisotopic (exact) mass is 696 g/mol. The average molecular weight is 697 g/mol. The molecule has 11 N–H and O–H groups in total. The van der Waals surface area contributed by atoms with Crippen molar-refractivity contribution in [2.75, 3.05) is 39.6 Å². The molecule has 3 aliphatic heterocycles. The zero-order valence-electron chi connectivity index (χ0n) is 25.1. The van der Waals surface area contributed by atoms with Gasteiger partial charge >= 0.3 is 0 Å². The van der Waals surface area contributed by atoms with Gasteiger partial charge < -0.3 is 93.6 Å². The summed E-state index contributed by atoms with van der Waals surface area (Å²) in [6.07, 6.45) is -21.9. The van der Waals surface area contributed by atoms with Crippen LogP contribution in [0.25, 0.3) is 0 Å². The lowest BCUT2D eigenvalue weighted by atomic mass is 9.99. The van der Waals surface area contributed by atoms with Gasteiger partial charge in [-0.25, -0.2) is 0 Å². The predicted molar refractivity (Wildman–Crippen MR) is 151 cm³/mol. The summed E-state index contributed by atoms with van der Waals surface area (Å²) in [7, 11) is -0.615. The molecule has 16 atom stereocenters. The first-order chi connectivity index (χ1) is 22.0. The summed E-state index contributed by atoms with van der Waals surface area (Å²) < 4.78 is 43.4. The smallest absolute Gasteiger partial charge is 0.192 e. The van der Waals surface area contributed by atoms with Crippen molar-refractivity contribution in [3.05, 3.63) is 0 Å². The Kier molecular flexibility index (Phi) is 17.8. The molecule has 0 aromatic carbocycles. The summed E-state index contributed by atoms with van der Waals surface area (Å²) in [5.41, 5.74) is 0. The van der Waals surface area contributed by atoms with E-state index >= 15 is 0 Å². The second-order valence-corrected chi connectivity index (χ2v) is 11.7. The van der Waals surface area contributed by atoms with E-state index in [1.165, 1.54) is 0 Å². The van der Waals surface area contributed by atoms with Gasteiger partial charge in [0.2, 0.25) is 0 Å². The number of ether oxygens (including phenoxy) is 7. The molecule has 0 aromatic rings. The molecule has 3 rings (SSSR count). The fourth-order valence-electron chi connectivity index (χ4n) is 4.96. The molecule has 16 unspecified atom stereocenters. The first kappa shape index (κ1) is 40.1. The average Bonchev–Trinajstić information content (AvgIpc) is 3.05. The summed E-state index contributed by atoms with van der Waals surface area (Å²) >= 11 is 0. The molecular formula is C26H49O19P. The molecule has 3 fully saturated rings. The standard InChI is InChI=1S/C26H49O19P/c27-6-2-1-3-8-39-23-19(33)16(30)15(29)13(42-23)11-40-24-20(34)18(32)22(36)26(44-24)45-25-21(35)17(31)14(28)12(43-25)10-38-7-4-5-9-41-46-37/h12-37,46H,1-11H2. The quantitative estimate of drug-likeness (QED) is 0.0445. The number of hydrogen-bond acceptors (Lipinski definition) is 19. The molecule has 3 heterocycles. The van der Waals surface area contributed by atoms with Crippen molar-refractivity contribution in [1.29, 1.82) is 0 Å². The lowest BCUT2D eigenvalue weighted by molar-refractivity contribution is -0.402. The molecule has 0 aromatic heterocycles. The number of hydrogen-bond donors (Lipinski definition) is 11. The highest BCUT2D eigenvalue weighted by Gasteiger charge is 2.51.